The fraction of sp³-hybridized carbons (Fsp3) is 0.333. The molecule has 0 unspecified atom stereocenters. The number of benzene rings is 1. The van der Waals surface area contributed by atoms with Crippen molar-refractivity contribution in [2.24, 2.45) is 0 Å². The normalized spacial score (nSPS) is 9.50. The van der Waals surface area contributed by atoms with Gasteiger partial charge in [-0.2, -0.15) is 0 Å². The molecule has 3 nitrogen and oxygen atoms in total. The lowest BCUT2D eigenvalue weighted by atomic mass is 10.2. The quantitative estimate of drug-likeness (QED) is 0.874. The number of hydrogen-bond donors (Lipinski definition) is 1. The highest BCUT2D eigenvalue weighted by Gasteiger charge is 2.04. The molecular weight excluding hydrogens is 222 g/mol. The molecule has 0 aliphatic heterocycles. The first-order valence-corrected chi connectivity index (χ1v) is 5.82. The van der Waals surface area contributed by atoms with Crippen LogP contribution >= 0.6 is 11.3 Å². The average molecular weight is 239 g/mol. The monoisotopic (exact) mass is 239 g/mol. The van der Waals surface area contributed by atoms with Gasteiger partial charge < -0.3 is 14.8 Å². The molecule has 0 radical (unpaired) electrons. The van der Waals surface area contributed by atoms with E-state index in [9.17, 15) is 0 Å². The van der Waals surface area contributed by atoms with Gasteiger partial charge in [-0.1, -0.05) is 0 Å². The predicted molar refractivity (Wildman–Crippen MR) is 69.9 cm³/mol. The first-order chi connectivity index (χ1) is 7.76. The number of thiophene rings is 1. The average Bonchev–Trinajstić information content (AvgIpc) is 2.76. The van der Waals surface area contributed by atoms with Gasteiger partial charge in [0, 0.05) is 16.2 Å². The molecule has 1 aromatic heterocycles. The van der Waals surface area contributed by atoms with Gasteiger partial charge >= 0.3 is 0 Å². The van der Waals surface area contributed by atoms with Crippen molar-refractivity contribution in [1.82, 2.24) is 5.32 Å². The van der Waals surface area contributed by atoms with E-state index in [1.165, 1.54) is 4.70 Å². The van der Waals surface area contributed by atoms with Gasteiger partial charge in [0.05, 0.1) is 14.2 Å². The van der Waals surface area contributed by atoms with E-state index in [2.05, 4.69) is 11.4 Å². The number of rotatable bonds is 2. The molecule has 1 heterocycles. The molecular formula is C12H17NO2S. The van der Waals surface area contributed by atoms with Crippen LogP contribution in [0.3, 0.4) is 0 Å². The molecule has 0 amide bonds. The highest BCUT2D eigenvalue weighted by molar-refractivity contribution is 7.17. The van der Waals surface area contributed by atoms with Gasteiger partial charge in [0.1, 0.15) is 11.5 Å². The molecule has 0 saturated heterocycles. The van der Waals surface area contributed by atoms with Gasteiger partial charge in [0.25, 0.3) is 0 Å². The molecule has 0 aliphatic carbocycles. The van der Waals surface area contributed by atoms with E-state index in [4.69, 9.17) is 9.47 Å². The van der Waals surface area contributed by atoms with E-state index in [1.54, 1.807) is 25.6 Å². The largest absolute Gasteiger partial charge is 0.497 e. The molecule has 88 valence electrons. The Bertz CT molecular complexity index is 440. The maximum absolute atomic E-state index is 5.25. The summed E-state index contributed by atoms with van der Waals surface area (Å²) in [5.41, 5.74) is 0. The minimum Gasteiger partial charge on any atom is -0.497 e. The van der Waals surface area contributed by atoms with Crippen molar-refractivity contribution >= 4 is 21.4 Å². The summed E-state index contributed by atoms with van der Waals surface area (Å²) in [5, 5.41) is 5.94. The third kappa shape index (κ3) is 2.87. The molecule has 16 heavy (non-hydrogen) atoms. The Kier molecular flexibility index (Phi) is 5.08. The Morgan fingerprint density at radius 1 is 1.12 bits per heavy atom. The van der Waals surface area contributed by atoms with E-state index >= 15 is 0 Å². The fourth-order valence-corrected chi connectivity index (χ4v) is 2.13. The van der Waals surface area contributed by atoms with Crippen LogP contribution in [0.2, 0.25) is 0 Å². The summed E-state index contributed by atoms with van der Waals surface area (Å²) in [6.07, 6.45) is 0. The van der Waals surface area contributed by atoms with Crippen LogP contribution in [-0.2, 0) is 0 Å². The minimum absolute atomic E-state index is 0.840. The summed E-state index contributed by atoms with van der Waals surface area (Å²) in [4.78, 5) is 0. The second-order valence-corrected chi connectivity index (χ2v) is 4.11. The van der Waals surface area contributed by atoms with E-state index < -0.39 is 0 Å². The Morgan fingerprint density at radius 2 is 1.81 bits per heavy atom. The number of fused-ring (bicyclic) bond motifs is 1. The van der Waals surface area contributed by atoms with Gasteiger partial charge in [0.2, 0.25) is 0 Å². The molecule has 0 saturated carbocycles. The summed E-state index contributed by atoms with van der Waals surface area (Å²) in [6, 6.07) is 5.97. The summed E-state index contributed by atoms with van der Waals surface area (Å²) >= 11 is 1.69. The van der Waals surface area contributed by atoms with Crippen LogP contribution in [0.5, 0.6) is 11.5 Å². The van der Waals surface area contributed by atoms with Gasteiger partial charge in [-0.3, -0.25) is 0 Å². The van der Waals surface area contributed by atoms with Crippen molar-refractivity contribution in [2.75, 3.05) is 28.3 Å². The van der Waals surface area contributed by atoms with Crippen LogP contribution in [0, 0.1) is 0 Å². The van der Waals surface area contributed by atoms with Crippen molar-refractivity contribution in [1.29, 1.82) is 0 Å². The summed E-state index contributed by atoms with van der Waals surface area (Å²) in [7, 11) is 7.08. The van der Waals surface area contributed by atoms with E-state index in [1.807, 2.05) is 31.6 Å². The summed E-state index contributed by atoms with van der Waals surface area (Å²) in [6.45, 7) is 0. The zero-order chi connectivity index (χ0) is 12.0. The third-order valence-corrected chi connectivity index (χ3v) is 2.83. The Morgan fingerprint density at radius 3 is 2.38 bits per heavy atom. The van der Waals surface area contributed by atoms with Gasteiger partial charge in [-0.05, 0) is 31.6 Å². The van der Waals surface area contributed by atoms with Crippen molar-refractivity contribution in [3.63, 3.8) is 0 Å². The number of nitrogens with one attached hydrogen (secondary N) is 1. The van der Waals surface area contributed by atoms with Gasteiger partial charge in [-0.15, -0.1) is 11.3 Å². The lowest BCUT2D eigenvalue weighted by molar-refractivity contribution is 0.398. The molecule has 0 bridgehead atoms. The molecule has 4 heteroatoms. The summed E-state index contributed by atoms with van der Waals surface area (Å²) in [5.74, 6) is 1.71. The molecule has 0 atom stereocenters. The number of ether oxygens (including phenoxy) is 2. The van der Waals surface area contributed by atoms with E-state index in [0.717, 1.165) is 16.9 Å². The highest BCUT2D eigenvalue weighted by Crippen LogP contribution is 2.34. The van der Waals surface area contributed by atoms with E-state index in [0.29, 0.717) is 0 Å². The molecule has 1 aromatic carbocycles. The standard InChI is InChI=1S/C10H10O2S.C2H7N/c1-11-7-5-9(12-2)8-3-4-13-10(8)6-7;1-3-2/h3-6H,1-2H3;3H,1-2H3. The number of methoxy groups -OCH3 is 2. The lowest BCUT2D eigenvalue weighted by Gasteiger charge is -2.04. The molecule has 2 aromatic rings. The highest BCUT2D eigenvalue weighted by atomic mass is 32.1. The Balaban J connectivity index is 0.000000386. The van der Waals surface area contributed by atoms with Crippen LogP contribution < -0.4 is 14.8 Å². The first-order valence-electron chi connectivity index (χ1n) is 4.94. The van der Waals surface area contributed by atoms with Crippen LogP contribution in [0.25, 0.3) is 10.1 Å². The fourth-order valence-electron chi connectivity index (χ4n) is 1.30. The number of hydrogen-bond acceptors (Lipinski definition) is 4. The van der Waals surface area contributed by atoms with E-state index in [-0.39, 0.29) is 0 Å². The zero-order valence-electron chi connectivity index (χ0n) is 10.0. The smallest absolute Gasteiger partial charge is 0.131 e. The first kappa shape index (κ1) is 12.8. The van der Waals surface area contributed by atoms with Crippen LogP contribution in [0.1, 0.15) is 0 Å². The maximum atomic E-state index is 5.25. The van der Waals surface area contributed by atoms with Crippen molar-refractivity contribution in [3.8, 4) is 11.5 Å². The van der Waals surface area contributed by atoms with Gasteiger partial charge in [-0.25, -0.2) is 0 Å². The molecule has 0 fully saturated rings. The van der Waals surface area contributed by atoms with Crippen molar-refractivity contribution < 1.29 is 9.47 Å². The predicted octanol–water partition coefficient (Wildman–Crippen LogP) is 2.75. The maximum Gasteiger partial charge on any atom is 0.131 e. The SMILES string of the molecule is CNC.COc1cc(OC)c2ccsc2c1. The molecule has 1 N–H and O–H groups in total. The van der Waals surface area contributed by atoms with Gasteiger partial charge in [0.15, 0.2) is 0 Å². The van der Waals surface area contributed by atoms with Crippen LogP contribution in [0.4, 0.5) is 0 Å². The molecule has 0 spiro atoms. The summed E-state index contributed by atoms with van der Waals surface area (Å²) < 4.78 is 11.6. The molecule has 0 aliphatic rings. The Labute approximate surface area is 100.0 Å². The second kappa shape index (κ2) is 6.35. The zero-order valence-corrected chi connectivity index (χ0v) is 10.9. The Hall–Kier alpha value is -1.26. The molecule has 2 rings (SSSR count). The lowest BCUT2D eigenvalue weighted by Crippen LogP contribution is -1.89. The second-order valence-electron chi connectivity index (χ2n) is 3.16. The topological polar surface area (TPSA) is 30.5 Å². The third-order valence-electron chi connectivity index (χ3n) is 1.96. The minimum atomic E-state index is 0.840. The van der Waals surface area contributed by atoms with Crippen LogP contribution in [-0.4, -0.2) is 28.3 Å². The van der Waals surface area contributed by atoms with Crippen molar-refractivity contribution in [3.05, 3.63) is 23.6 Å². The van der Waals surface area contributed by atoms with Crippen LogP contribution in [0.15, 0.2) is 23.6 Å². The van der Waals surface area contributed by atoms with Crippen molar-refractivity contribution in [2.45, 2.75) is 0 Å².